The van der Waals surface area contributed by atoms with Crippen molar-refractivity contribution >= 4 is 11.8 Å². The van der Waals surface area contributed by atoms with E-state index in [2.05, 4.69) is 36.1 Å². The second kappa shape index (κ2) is 6.02. The van der Waals surface area contributed by atoms with Gasteiger partial charge in [0.15, 0.2) is 0 Å². The minimum Gasteiger partial charge on any atom is -0.312 e. The number of nitrogens with zero attached hydrogens (tertiary/aromatic N) is 2. The maximum Gasteiger partial charge on any atom is 0.115 e. The number of thioether (sulfide) groups is 1. The molecular weight excluding hydrogens is 242 g/mol. The monoisotopic (exact) mass is 265 g/mol. The van der Waals surface area contributed by atoms with Crippen LogP contribution in [0.2, 0.25) is 0 Å². The molecule has 0 amide bonds. The van der Waals surface area contributed by atoms with Crippen molar-refractivity contribution < 1.29 is 0 Å². The van der Waals surface area contributed by atoms with Gasteiger partial charge in [-0.05, 0) is 31.2 Å². The zero-order valence-corrected chi connectivity index (χ0v) is 12.3. The van der Waals surface area contributed by atoms with Crippen molar-refractivity contribution in [2.75, 3.05) is 6.54 Å². The predicted molar refractivity (Wildman–Crippen MR) is 76.8 cm³/mol. The van der Waals surface area contributed by atoms with Gasteiger partial charge in [-0.3, -0.25) is 4.98 Å². The van der Waals surface area contributed by atoms with Crippen molar-refractivity contribution in [2.24, 2.45) is 5.41 Å². The molecule has 0 saturated heterocycles. The lowest BCUT2D eigenvalue weighted by Crippen LogP contribution is -2.43. The molecule has 1 saturated carbocycles. The van der Waals surface area contributed by atoms with E-state index in [1.54, 1.807) is 12.4 Å². The van der Waals surface area contributed by atoms with E-state index >= 15 is 0 Å². The Morgan fingerprint density at radius 2 is 2.28 bits per heavy atom. The van der Waals surface area contributed by atoms with Crippen molar-refractivity contribution in [1.29, 1.82) is 0 Å². The summed E-state index contributed by atoms with van der Waals surface area (Å²) in [5.41, 5.74) is 0.384. The number of hydrogen-bond acceptors (Lipinski definition) is 4. The van der Waals surface area contributed by atoms with Gasteiger partial charge < -0.3 is 5.32 Å². The lowest BCUT2D eigenvalue weighted by Gasteiger charge is -2.31. The van der Waals surface area contributed by atoms with Gasteiger partial charge in [-0.15, -0.1) is 0 Å². The maximum absolute atomic E-state index is 4.38. The quantitative estimate of drug-likeness (QED) is 0.887. The molecule has 0 aliphatic heterocycles. The number of aromatic nitrogens is 2. The molecule has 2 unspecified atom stereocenters. The van der Waals surface area contributed by atoms with Crippen LogP contribution in [0.25, 0.3) is 0 Å². The minimum atomic E-state index is 0.384. The normalized spacial score (nSPS) is 26.4. The zero-order chi connectivity index (χ0) is 13.0. The molecule has 1 aliphatic carbocycles. The Kier molecular flexibility index (Phi) is 4.62. The molecule has 0 spiro atoms. The fourth-order valence-electron chi connectivity index (χ4n) is 2.68. The van der Waals surface area contributed by atoms with Gasteiger partial charge in [0.1, 0.15) is 5.03 Å². The zero-order valence-electron chi connectivity index (χ0n) is 11.5. The summed E-state index contributed by atoms with van der Waals surface area (Å²) in [6, 6.07) is 0.574. The van der Waals surface area contributed by atoms with E-state index in [9.17, 15) is 0 Å². The summed E-state index contributed by atoms with van der Waals surface area (Å²) >= 11 is 1.88. The molecule has 100 valence electrons. The van der Waals surface area contributed by atoms with Crippen LogP contribution in [0, 0.1) is 5.41 Å². The molecule has 0 aromatic carbocycles. The highest BCUT2D eigenvalue weighted by atomic mass is 32.2. The Bertz CT molecular complexity index is 367. The molecule has 18 heavy (non-hydrogen) atoms. The molecule has 1 N–H and O–H groups in total. The molecule has 0 bridgehead atoms. The molecule has 1 fully saturated rings. The van der Waals surface area contributed by atoms with Crippen LogP contribution >= 0.6 is 11.8 Å². The first-order chi connectivity index (χ1) is 8.63. The Balaban J connectivity index is 2.03. The average molecular weight is 265 g/mol. The summed E-state index contributed by atoms with van der Waals surface area (Å²) < 4.78 is 0. The summed E-state index contributed by atoms with van der Waals surface area (Å²) in [7, 11) is 0. The molecule has 2 rings (SSSR count). The minimum absolute atomic E-state index is 0.384. The third kappa shape index (κ3) is 3.23. The highest BCUT2D eigenvalue weighted by Gasteiger charge is 2.41. The van der Waals surface area contributed by atoms with E-state index in [0.29, 0.717) is 16.7 Å². The number of hydrogen-bond donors (Lipinski definition) is 1. The van der Waals surface area contributed by atoms with E-state index in [4.69, 9.17) is 0 Å². The van der Waals surface area contributed by atoms with Gasteiger partial charge in [0, 0.05) is 23.7 Å². The number of nitrogens with one attached hydrogen (secondary N) is 1. The predicted octanol–water partition coefficient (Wildman–Crippen LogP) is 3.13. The van der Waals surface area contributed by atoms with Crippen LogP contribution in [-0.4, -0.2) is 27.8 Å². The first kappa shape index (κ1) is 13.8. The molecule has 0 radical (unpaired) electrons. The molecule has 1 heterocycles. The fraction of sp³-hybridized carbons (Fsp3) is 0.714. The van der Waals surface area contributed by atoms with Gasteiger partial charge in [0.2, 0.25) is 0 Å². The van der Waals surface area contributed by atoms with Crippen LogP contribution < -0.4 is 5.32 Å². The van der Waals surface area contributed by atoms with Crippen molar-refractivity contribution in [2.45, 2.75) is 56.4 Å². The Hall–Kier alpha value is -0.610. The molecule has 1 aromatic rings. The van der Waals surface area contributed by atoms with Gasteiger partial charge in [-0.2, -0.15) is 0 Å². The van der Waals surface area contributed by atoms with Gasteiger partial charge in [0.05, 0.1) is 6.20 Å². The molecular formula is C14H23N3S. The van der Waals surface area contributed by atoms with E-state index in [1.807, 2.05) is 18.0 Å². The van der Waals surface area contributed by atoms with E-state index in [-0.39, 0.29) is 0 Å². The molecule has 4 heteroatoms. The van der Waals surface area contributed by atoms with Gasteiger partial charge >= 0.3 is 0 Å². The first-order valence-corrected chi connectivity index (χ1v) is 7.67. The van der Waals surface area contributed by atoms with Crippen molar-refractivity contribution in [3.8, 4) is 0 Å². The summed E-state index contributed by atoms with van der Waals surface area (Å²) in [6.45, 7) is 8.07. The Labute approximate surface area is 114 Å². The third-order valence-electron chi connectivity index (χ3n) is 3.71. The second-order valence-corrected chi connectivity index (χ2v) is 6.92. The maximum atomic E-state index is 4.38. The summed E-state index contributed by atoms with van der Waals surface area (Å²) in [6.07, 6.45) is 9.11. The fourth-order valence-corrected chi connectivity index (χ4v) is 4.07. The van der Waals surface area contributed by atoms with Gasteiger partial charge in [0.25, 0.3) is 0 Å². The van der Waals surface area contributed by atoms with Crippen molar-refractivity contribution in [3.05, 3.63) is 18.6 Å². The van der Waals surface area contributed by atoms with Crippen LogP contribution in [0.4, 0.5) is 0 Å². The molecule has 1 aliphatic rings. The van der Waals surface area contributed by atoms with E-state index < -0.39 is 0 Å². The summed E-state index contributed by atoms with van der Waals surface area (Å²) in [4.78, 5) is 8.52. The van der Waals surface area contributed by atoms with Crippen molar-refractivity contribution in [3.63, 3.8) is 0 Å². The highest BCUT2D eigenvalue weighted by Crippen LogP contribution is 2.44. The smallest absolute Gasteiger partial charge is 0.115 e. The standard InChI is InChI=1S/C14H23N3S/c1-4-7-17-13-11(5-6-14(13,2)3)18-12-10-15-8-9-16-12/h8-11,13,17H,4-7H2,1-3H3. The number of rotatable bonds is 5. The molecule has 1 aromatic heterocycles. The Morgan fingerprint density at radius 3 is 2.94 bits per heavy atom. The highest BCUT2D eigenvalue weighted by molar-refractivity contribution is 7.99. The van der Waals surface area contributed by atoms with E-state index in [1.165, 1.54) is 19.3 Å². The average Bonchev–Trinajstić information content (AvgIpc) is 2.64. The largest absolute Gasteiger partial charge is 0.312 e. The van der Waals surface area contributed by atoms with Gasteiger partial charge in [-0.25, -0.2) is 4.98 Å². The summed E-state index contributed by atoms with van der Waals surface area (Å²) in [5.74, 6) is 0. The topological polar surface area (TPSA) is 37.8 Å². The lowest BCUT2D eigenvalue weighted by molar-refractivity contribution is 0.287. The summed E-state index contributed by atoms with van der Waals surface area (Å²) in [5, 5.41) is 5.38. The van der Waals surface area contributed by atoms with Crippen LogP contribution in [0.5, 0.6) is 0 Å². The Morgan fingerprint density at radius 1 is 1.44 bits per heavy atom. The molecule has 2 atom stereocenters. The first-order valence-electron chi connectivity index (χ1n) is 6.79. The second-order valence-electron chi connectivity index (χ2n) is 5.66. The van der Waals surface area contributed by atoms with Crippen LogP contribution in [-0.2, 0) is 0 Å². The third-order valence-corrected chi connectivity index (χ3v) is 4.98. The SMILES string of the molecule is CCCNC1C(Sc2cnccn2)CCC1(C)C. The lowest BCUT2D eigenvalue weighted by atomic mass is 9.87. The van der Waals surface area contributed by atoms with E-state index in [0.717, 1.165) is 11.6 Å². The van der Waals surface area contributed by atoms with Crippen LogP contribution in [0.3, 0.4) is 0 Å². The van der Waals surface area contributed by atoms with Crippen molar-refractivity contribution in [1.82, 2.24) is 15.3 Å². The van der Waals surface area contributed by atoms with Gasteiger partial charge in [-0.1, -0.05) is 32.5 Å². The van der Waals surface area contributed by atoms with Crippen LogP contribution in [0.15, 0.2) is 23.6 Å². The molecule has 3 nitrogen and oxygen atoms in total. The van der Waals surface area contributed by atoms with Crippen LogP contribution in [0.1, 0.15) is 40.0 Å².